The van der Waals surface area contributed by atoms with Crippen LogP contribution < -0.4 is 5.69 Å². The topological polar surface area (TPSA) is 227 Å². The maximum Gasteiger partial charge on any atom is 0.490 e. The molecule has 166 valence electrons. The van der Waals surface area contributed by atoms with Crippen LogP contribution in [0.3, 0.4) is 0 Å². The van der Waals surface area contributed by atoms with E-state index in [0.29, 0.717) is 10.8 Å². The first-order valence-electron chi connectivity index (χ1n) is 7.18. The number of ether oxygens (including phenoxy) is 1. The van der Waals surface area contributed by atoms with Gasteiger partial charge in [-0.1, -0.05) is 19.1 Å². The second-order valence-electron chi connectivity index (χ2n) is 5.58. The minimum absolute atomic E-state index is 0.498. The highest BCUT2D eigenvalue weighted by Crippen LogP contribution is 2.67. The van der Waals surface area contributed by atoms with Gasteiger partial charge >= 0.3 is 29.2 Å². The van der Waals surface area contributed by atoms with E-state index in [2.05, 4.69) is 25.4 Å². The molecule has 0 aliphatic carbocycles. The van der Waals surface area contributed by atoms with Crippen molar-refractivity contribution in [1.82, 2.24) is 9.55 Å². The average molecular weight is 502 g/mol. The van der Waals surface area contributed by atoms with Gasteiger partial charge in [0.05, 0.1) is 6.20 Å². The van der Waals surface area contributed by atoms with Gasteiger partial charge in [-0.15, -0.1) is 0 Å². The number of phosphoric ester groups is 1. The molecule has 20 heteroatoms. The van der Waals surface area contributed by atoms with E-state index in [1.54, 1.807) is 0 Å². The van der Waals surface area contributed by atoms with E-state index in [1.807, 2.05) is 4.98 Å². The number of aromatic amines is 1. The van der Waals surface area contributed by atoms with E-state index in [0.717, 1.165) is 0 Å². The average Bonchev–Trinajstić information content (AvgIpc) is 2.75. The summed E-state index contributed by atoms with van der Waals surface area (Å²) in [5.74, 6) is -2.06. The Kier molecular flexibility index (Phi) is 7.20. The maximum atomic E-state index is 13.6. The first-order valence-corrected chi connectivity index (χ1v) is 12.1. The molecule has 6 N–H and O–H groups in total. The smallest absolute Gasteiger partial charge is 0.387 e. The SMILES string of the molecule is CC1[C@@H](O)[C@@H](OP(=O)(O)OP(=O)(O)OP(=O)(O)O)O[C@H]1n1cc(F)c(=S)[nH]c1=O. The van der Waals surface area contributed by atoms with Crippen LogP contribution in [0.4, 0.5) is 4.39 Å². The van der Waals surface area contributed by atoms with Crippen molar-refractivity contribution in [1.29, 1.82) is 0 Å². The number of aromatic nitrogens is 2. The van der Waals surface area contributed by atoms with Gasteiger partial charge in [0.15, 0.2) is 12.1 Å². The molecule has 1 aliphatic heterocycles. The van der Waals surface area contributed by atoms with Gasteiger partial charge in [-0.3, -0.25) is 14.1 Å². The van der Waals surface area contributed by atoms with Crippen LogP contribution in [0, 0.1) is 16.4 Å². The lowest BCUT2D eigenvalue weighted by Crippen LogP contribution is -2.31. The summed E-state index contributed by atoms with van der Waals surface area (Å²) in [5, 5.41) is 10.1. The Labute approximate surface area is 165 Å². The Morgan fingerprint density at radius 2 is 1.79 bits per heavy atom. The van der Waals surface area contributed by atoms with Crippen molar-refractivity contribution < 1.29 is 60.6 Å². The van der Waals surface area contributed by atoms with Gasteiger partial charge < -0.3 is 29.4 Å². The molecule has 0 saturated carbocycles. The second kappa shape index (κ2) is 8.48. The van der Waals surface area contributed by atoms with Crippen molar-refractivity contribution in [3.8, 4) is 0 Å². The predicted molar refractivity (Wildman–Crippen MR) is 89.9 cm³/mol. The molecule has 0 spiro atoms. The number of phosphoric acid groups is 3. The molecule has 1 saturated heterocycles. The summed E-state index contributed by atoms with van der Waals surface area (Å²) in [6, 6.07) is 0. The molecule has 0 amide bonds. The van der Waals surface area contributed by atoms with Crippen molar-refractivity contribution in [2.45, 2.75) is 25.5 Å². The predicted octanol–water partition coefficient (Wildman–Crippen LogP) is 0.240. The highest BCUT2D eigenvalue weighted by atomic mass is 32.1. The van der Waals surface area contributed by atoms with Crippen LogP contribution in [0.25, 0.3) is 0 Å². The summed E-state index contributed by atoms with van der Waals surface area (Å²) < 4.78 is 64.1. The Morgan fingerprint density at radius 3 is 2.34 bits per heavy atom. The third-order valence-corrected chi connectivity index (χ3v) is 7.49. The van der Waals surface area contributed by atoms with Gasteiger partial charge in [-0.25, -0.2) is 22.9 Å². The van der Waals surface area contributed by atoms with Gasteiger partial charge in [0.25, 0.3) is 0 Å². The highest BCUT2D eigenvalue weighted by Gasteiger charge is 2.49. The Morgan fingerprint density at radius 1 is 1.21 bits per heavy atom. The molecule has 1 aromatic heterocycles. The minimum Gasteiger partial charge on any atom is -0.387 e. The summed E-state index contributed by atoms with van der Waals surface area (Å²) in [6.07, 6.45) is -4.56. The third kappa shape index (κ3) is 6.42. The number of nitrogens with zero attached hydrogens (tertiary/aromatic N) is 1. The lowest BCUT2D eigenvalue weighted by molar-refractivity contribution is -0.135. The summed E-state index contributed by atoms with van der Waals surface area (Å²) in [7, 11) is -17.0. The second-order valence-corrected chi connectivity index (χ2v) is 10.4. The van der Waals surface area contributed by atoms with Crippen LogP contribution in [0.1, 0.15) is 13.2 Å². The van der Waals surface area contributed by atoms with E-state index >= 15 is 0 Å². The molecule has 2 heterocycles. The number of hydrogen-bond acceptors (Lipinski definition) is 10. The molecule has 1 aromatic rings. The number of nitrogens with one attached hydrogen (secondary N) is 1. The molecule has 15 nitrogen and oxygen atoms in total. The van der Waals surface area contributed by atoms with Crippen LogP contribution in [0.15, 0.2) is 11.0 Å². The first kappa shape index (κ1) is 24.6. The molecule has 0 radical (unpaired) electrons. The van der Waals surface area contributed by atoms with E-state index in [-0.39, 0.29) is 0 Å². The lowest BCUT2D eigenvalue weighted by atomic mass is 10.1. The lowest BCUT2D eigenvalue weighted by Gasteiger charge is -2.20. The van der Waals surface area contributed by atoms with Crippen molar-refractivity contribution >= 4 is 35.7 Å². The summed E-state index contributed by atoms with van der Waals surface area (Å²) in [4.78, 5) is 49.5. The zero-order valence-electron chi connectivity index (χ0n) is 14.0. The minimum atomic E-state index is -5.78. The van der Waals surface area contributed by atoms with Crippen molar-refractivity contribution in [2.75, 3.05) is 0 Å². The van der Waals surface area contributed by atoms with Gasteiger partial charge in [0, 0.05) is 5.92 Å². The number of H-pyrrole nitrogens is 1. The number of aliphatic hydroxyl groups is 1. The fraction of sp³-hybridized carbons (Fsp3) is 0.556. The molecule has 2 rings (SSSR count). The number of hydrogen-bond donors (Lipinski definition) is 6. The van der Waals surface area contributed by atoms with E-state index < -0.39 is 64.2 Å². The Hall–Kier alpha value is -0.640. The Balaban J connectivity index is 2.20. The highest BCUT2D eigenvalue weighted by molar-refractivity contribution is 7.71. The molecule has 0 bridgehead atoms. The van der Waals surface area contributed by atoms with E-state index in [9.17, 15) is 32.9 Å². The van der Waals surface area contributed by atoms with Gasteiger partial charge in [0.1, 0.15) is 17.0 Å². The van der Waals surface area contributed by atoms with E-state index in [1.165, 1.54) is 6.92 Å². The van der Waals surface area contributed by atoms with Crippen LogP contribution in [0.5, 0.6) is 0 Å². The third-order valence-electron chi connectivity index (χ3n) is 3.39. The van der Waals surface area contributed by atoms with Crippen molar-refractivity contribution in [2.24, 2.45) is 5.92 Å². The largest absolute Gasteiger partial charge is 0.490 e. The van der Waals surface area contributed by atoms with Crippen LogP contribution in [-0.4, -0.2) is 46.6 Å². The molecule has 3 unspecified atom stereocenters. The summed E-state index contributed by atoms with van der Waals surface area (Å²) in [6.45, 7) is 1.29. The quantitative estimate of drug-likeness (QED) is 0.217. The standard InChI is InChI=1S/C9H14FN2O13P3S/c1-3-5(13)8(22-7(3)12-2-4(10)6(29)11-9(12)14)23-27(18,19)25-28(20,21)24-26(15,16)17/h2-3,5,7-8,13H,1H3,(H,18,19)(H,20,21)(H,11,14,29)(H2,15,16,17)/t3?,5-,7-,8-/m1/s1. The number of aliphatic hydroxyl groups excluding tert-OH is 1. The van der Waals surface area contributed by atoms with Gasteiger partial charge in [0.2, 0.25) is 0 Å². The van der Waals surface area contributed by atoms with Gasteiger partial charge in [-0.05, 0) is 0 Å². The van der Waals surface area contributed by atoms with Crippen LogP contribution >= 0.6 is 35.7 Å². The maximum absolute atomic E-state index is 13.6. The van der Waals surface area contributed by atoms with Crippen molar-refractivity contribution in [3.63, 3.8) is 0 Å². The molecule has 6 atom stereocenters. The molecule has 1 fully saturated rings. The van der Waals surface area contributed by atoms with Crippen molar-refractivity contribution in [3.05, 3.63) is 27.1 Å². The zero-order valence-corrected chi connectivity index (χ0v) is 17.5. The Bertz CT molecular complexity index is 1040. The van der Waals surface area contributed by atoms with Gasteiger partial charge in [-0.2, -0.15) is 8.62 Å². The number of rotatable bonds is 7. The molecule has 1 aliphatic rings. The number of halogens is 1. The van der Waals surface area contributed by atoms with Crippen LogP contribution in [-0.2, 0) is 31.6 Å². The van der Waals surface area contributed by atoms with Crippen LogP contribution in [0.2, 0.25) is 0 Å². The molecular weight excluding hydrogens is 488 g/mol. The van der Waals surface area contributed by atoms with E-state index in [4.69, 9.17) is 19.4 Å². The summed E-state index contributed by atoms with van der Waals surface area (Å²) >= 11 is 4.55. The fourth-order valence-electron chi connectivity index (χ4n) is 2.24. The monoisotopic (exact) mass is 502 g/mol. The molecule has 0 aromatic carbocycles. The first-order chi connectivity index (χ1) is 13.0. The fourth-order valence-corrected chi connectivity index (χ4v) is 5.48. The molecular formula is C9H14FN2O13P3S. The normalized spacial score (nSPS) is 29.3. The molecule has 29 heavy (non-hydrogen) atoms. The zero-order chi connectivity index (χ0) is 22.4. The summed E-state index contributed by atoms with van der Waals surface area (Å²) in [5.41, 5.74) is -0.945.